The van der Waals surface area contributed by atoms with Crippen molar-refractivity contribution in [1.82, 2.24) is 15.0 Å². The Bertz CT molecular complexity index is 1200. The summed E-state index contributed by atoms with van der Waals surface area (Å²) in [7, 11) is 0. The SMILES string of the molecule is Cc1[nH]c(-c2ccc3ccc4cccnc4c3n2)c(C(F)(F)F)c1C(F)(F)F. The van der Waals surface area contributed by atoms with E-state index in [0.717, 1.165) is 6.92 Å². The lowest BCUT2D eigenvalue weighted by atomic mass is 10.0. The summed E-state index contributed by atoms with van der Waals surface area (Å²) in [6.07, 6.45) is -8.86. The molecule has 0 radical (unpaired) electrons. The highest BCUT2D eigenvalue weighted by Gasteiger charge is 2.48. The number of aromatic nitrogens is 3. The van der Waals surface area contributed by atoms with Crippen molar-refractivity contribution in [2.24, 2.45) is 0 Å². The van der Waals surface area contributed by atoms with E-state index in [1.165, 1.54) is 18.3 Å². The highest BCUT2D eigenvalue weighted by atomic mass is 19.4. The standard InChI is InChI=1S/C19H11F6N3/c1-9-13(18(20,21)22)14(19(23,24)25)17(27-9)12-7-6-11-5-4-10-3-2-8-26-15(10)16(11)28-12/h2-8,27H,1H3. The summed E-state index contributed by atoms with van der Waals surface area (Å²) in [5.74, 6) is 0. The van der Waals surface area contributed by atoms with E-state index in [1.807, 2.05) is 0 Å². The predicted octanol–water partition coefficient (Wildman–Crippen LogP) is 6.12. The first kappa shape index (κ1) is 18.3. The van der Waals surface area contributed by atoms with Gasteiger partial charge in [-0.2, -0.15) is 26.3 Å². The van der Waals surface area contributed by atoms with Gasteiger partial charge in [-0.1, -0.05) is 24.3 Å². The first-order chi connectivity index (χ1) is 13.1. The van der Waals surface area contributed by atoms with Crippen LogP contribution in [0.2, 0.25) is 0 Å². The molecule has 0 spiro atoms. The Balaban J connectivity index is 2.04. The van der Waals surface area contributed by atoms with Gasteiger partial charge in [0, 0.05) is 22.7 Å². The lowest BCUT2D eigenvalue weighted by molar-refractivity contribution is -0.161. The van der Waals surface area contributed by atoms with Gasteiger partial charge in [0.15, 0.2) is 0 Å². The van der Waals surface area contributed by atoms with Gasteiger partial charge < -0.3 is 4.98 Å². The van der Waals surface area contributed by atoms with E-state index in [9.17, 15) is 26.3 Å². The Morgan fingerprint density at radius 2 is 1.39 bits per heavy atom. The van der Waals surface area contributed by atoms with Crippen molar-refractivity contribution < 1.29 is 26.3 Å². The molecule has 3 nitrogen and oxygen atoms in total. The summed E-state index contributed by atoms with van der Waals surface area (Å²) >= 11 is 0. The molecule has 0 bridgehead atoms. The van der Waals surface area contributed by atoms with Crippen molar-refractivity contribution in [3.05, 3.63) is 59.4 Å². The second kappa shape index (κ2) is 5.95. The fourth-order valence-corrected chi connectivity index (χ4v) is 3.32. The van der Waals surface area contributed by atoms with Crippen LogP contribution in [0.3, 0.4) is 0 Å². The van der Waals surface area contributed by atoms with Crippen molar-refractivity contribution in [3.63, 3.8) is 0 Å². The number of nitrogens with one attached hydrogen (secondary N) is 1. The number of aryl methyl sites for hydroxylation is 1. The van der Waals surface area contributed by atoms with Gasteiger partial charge in [-0.15, -0.1) is 0 Å². The molecule has 1 aromatic carbocycles. The molecular weight excluding hydrogens is 384 g/mol. The average Bonchev–Trinajstić information content (AvgIpc) is 2.99. The molecule has 0 aliphatic heterocycles. The van der Waals surface area contributed by atoms with Crippen LogP contribution in [0.15, 0.2) is 42.6 Å². The van der Waals surface area contributed by atoms with Gasteiger partial charge in [0.1, 0.15) is 0 Å². The van der Waals surface area contributed by atoms with Crippen LogP contribution in [-0.4, -0.2) is 15.0 Å². The van der Waals surface area contributed by atoms with Crippen LogP contribution in [0, 0.1) is 6.92 Å². The molecule has 4 aromatic rings. The van der Waals surface area contributed by atoms with E-state index in [0.29, 0.717) is 21.8 Å². The van der Waals surface area contributed by atoms with Crippen LogP contribution in [-0.2, 0) is 12.4 Å². The van der Waals surface area contributed by atoms with E-state index < -0.39 is 34.9 Å². The minimum atomic E-state index is -5.21. The first-order valence-corrected chi connectivity index (χ1v) is 8.09. The molecule has 4 rings (SSSR count). The number of pyridine rings is 2. The maximum atomic E-state index is 13.5. The number of fused-ring (bicyclic) bond motifs is 3. The van der Waals surface area contributed by atoms with Crippen LogP contribution in [0.5, 0.6) is 0 Å². The predicted molar refractivity (Wildman–Crippen MR) is 91.6 cm³/mol. The van der Waals surface area contributed by atoms with Crippen LogP contribution < -0.4 is 0 Å². The van der Waals surface area contributed by atoms with E-state index in [2.05, 4.69) is 15.0 Å². The van der Waals surface area contributed by atoms with Gasteiger partial charge >= 0.3 is 12.4 Å². The Hall–Kier alpha value is -3.10. The van der Waals surface area contributed by atoms with Crippen LogP contribution >= 0.6 is 0 Å². The zero-order valence-corrected chi connectivity index (χ0v) is 14.2. The van der Waals surface area contributed by atoms with E-state index >= 15 is 0 Å². The largest absolute Gasteiger partial charge is 0.419 e. The third-order valence-electron chi connectivity index (χ3n) is 4.44. The second-order valence-electron chi connectivity index (χ2n) is 6.28. The Morgan fingerprint density at radius 3 is 2.04 bits per heavy atom. The molecule has 144 valence electrons. The number of halogens is 6. The average molecular weight is 395 g/mol. The molecule has 0 saturated carbocycles. The summed E-state index contributed by atoms with van der Waals surface area (Å²) in [6.45, 7) is 0.958. The van der Waals surface area contributed by atoms with Crippen molar-refractivity contribution >= 4 is 21.8 Å². The van der Waals surface area contributed by atoms with Gasteiger partial charge in [0.25, 0.3) is 0 Å². The maximum absolute atomic E-state index is 13.5. The van der Waals surface area contributed by atoms with Crippen LogP contribution in [0.25, 0.3) is 33.2 Å². The number of nitrogens with zero attached hydrogens (tertiary/aromatic N) is 2. The molecule has 3 heterocycles. The number of H-pyrrole nitrogens is 1. The number of rotatable bonds is 1. The summed E-state index contributed by atoms with van der Waals surface area (Å²) in [6, 6.07) is 9.74. The Morgan fingerprint density at radius 1 is 0.786 bits per heavy atom. The molecule has 0 unspecified atom stereocenters. The molecule has 0 amide bonds. The van der Waals surface area contributed by atoms with Gasteiger partial charge in [0.2, 0.25) is 0 Å². The zero-order chi connectivity index (χ0) is 20.3. The number of benzene rings is 1. The highest BCUT2D eigenvalue weighted by molar-refractivity contribution is 6.03. The summed E-state index contributed by atoms with van der Waals surface area (Å²) in [5, 5.41) is 1.33. The summed E-state index contributed by atoms with van der Waals surface area (Å²) < 4.78 is 80.5. The highest BCUT2D eigenvalue weighted by Crippen LogP contribution is 2.46. The fourth-order valence-electron chi connectivity index (χ4n) is 3.32. The number of hydrogen-bond donors (Lipinski definition) is 1. The van der Waals surface area contributed by atoms with Crippen LogP contribution in [0.1, 0.15) is 16.8 Å². The summed E-state index contributed by atoms with van der Waals surface area (Å²) in [4.78, 5) is 10.7. The minimum Gasteiger partial charge on any atom is -0.356 e. The molecule has 1 N–H and O–H groups in total. The van der Waals surface area contributed by atoms with Crippen molar-refractivity contribution in [2.45, 2.75) is 19.3 Å². The van der Waals surface area contributed by atoms with Gasteiger partial charge in [-0.05, 0) is 19.1 Å². The Labute approximate surface area is 154 Å². The van der Waals surface area contributed by atoms with Gasteiger partial charge in [-0.3, -0.25) is 4.98 Å². The lowest BCUT2D eigenvalue weighted by Crippen LogP contribution is -2.16. The minimum absolute atomic E-state index is 0.239. The monoisotopic (exact) mass is 395 g/mol. The van der Waals surface area contributed by atoms with Crippen LogP contribution in [0.4, 0.5) is 26.3 Å². The molecule has 0 saturated heterocycles. The number of hydrogen-bond acceptors (Lipinski definition) is 2. The molecule has 0 atom stereocenters. The first-order valence-electron chi connectivity index (χ1n) is 8.09. The van der Waals surface area contributed by atoms with Gasteiger partial charge in [-0.25, -0.2) is 4.98 Å². The van der Waals surface area contributed by atoms with E-state index in [-0.39, 0.29) is 5.69 Å². The van der Waals surface area contributed by atoms with Crippen molar-refractivity contribution in [1.29, 1.82) is 0 Å². The quantitative estimate of drug-likeness (QED) is 0.311. The third-order valence-corrected chi connectivity index (χ3v) is 4.44. The van der Waals surface area contributed by atoms with Gasteiger partial charge in [0.05, 0.1) is 33.5 Å². The topological polar surface area (TPSA) is 41.6 Å². The molecule has 0 fully saturated rings. The Kier molecular flexibility index (Phi) is 3.88. The van der Waals surface area contributed by atoms with Crippen molar-refractivity contribution in [3.8, 4) is 11.4 Å². The second-order valence-corrected chi connectivity index (χ2v) is 6.28. The fraction of sp³-hybridized carbons (Fsp3) is 0.158. The summed E-state index contributed by atoms with van der Waals surface area (Å²) in [5.41, 5.74) is -4.30. The zero-order valence-electron chi connectivity index (χ0n) is 14.2. The molecular formula is C19H11F6N3. The molecule has 28 heavy (non-hydrogen) atoms. The van der Waals surface area contributed by atoms with E-state index in [1.54, 1.807) is 24.3 Å². The maximum Gasteiger partial charge on any atom is 0.419 e. The molecule has 9 heteroatoms. The third kappa shape index (κ3) is 2.87. The van der Waals surface area contributed by atoms with Crippen molar-refractivity contribution in [2.75, 3.05) is 0 Å². The smallest absolute Gasteiger partial charge is 0.356 e. The molecule has 3 aromatic heterocycles. The number of alkyl halides is 6. The molecule has 0 aliphatic rings. The normalized spacial score (nSPS) is 12.8. The van der Waals surface area contributed by atoms with E-state index in [4.69, 9.17) is 0 Å². The molecule has 0 aliphatic carbocycles. The lowest BCUT2D eigenvalue weighted by Gasteiger charge is -2.14. The number of aromatic amines is 1.